The van der Waals surface area contributed by atoms with E-state index >= 15 is 0 Å². The van der Waals surface area contributed by atoms with Crippen molar-refractivity contribution in [3.8, 4) is 0 Å². The first-order valence-corrected chi connectivity index (χ1v) is 20.1. The maximum absolute atomic E-state index is 9.64. The number of hydrogen-bond donors (Lipinski definition) is 2. The molecule has 20 atom stereocenters. The van der Waals surface area contributed by atoms with Crippen LogP contribution in [0.2, 0.25) is 0 Å². The lowest BCUT2D eigenvalue weighted by molar-refractivity contribution is 0.0539. The third-order valence-electron chi connectivity index (χ3n) is 16.4. The molecule has 48 heavy (non-hydrogen) atoms. The lowest BCUT2D eigenvalue weighted by Gasteiger charge is -2.30. The highest BCUT2D eigenvalue weighted by Crippen LogP contribution is 2.59. The fourth-order valence-corrected chi connectivity index (χ4v) is 14.6. The van der Waals surface area contributed by atoms with Crippen molar-refractivity contribution in [1.82, 2.24) is 0 Å². The van der Waals surface area contributed by atoms with E-state index in [0.29, 0.717) is 24.0 Å². The van der Waals surface area contributed by atoms with E-state index < -0.39 is 0 Å². The molecule has 8 fully saturated rings. The minimum absolute atomic E-state index is 0.0315. The van der Waals surface area contributed by atoms with Gasteiger partial charge in [0, 0.05) is 5.92 Å². The normalized spacial score (nSPS) is 54.5. The summed E-state index contributed by atoms with van der Waals surface area (Å²) in [5.74, 6) is 13.4. The number of allylic oxidation sites excluding steroid dienone is 8. The predicted molar refractivity (Wildman–Crippen MR) is 190 cm³/mol. The van der Waals surface area contributed by atoms with Crippen molar-refractivity contribution in [2.24, 2.45) is 94.7 Å². The van der Waals surface area contributed by atoms with Crippen molar-refractivity contribution in [1.29, 1.82) is 0 Å². The Morgan fingerprint density at radius 2 is 0.833 bits per heavy atom. The third-order valence-corrected chi connectivity index (χ3v) is 16.4. The van der Waals surface area contributed by atoms with Crippen LogP contribution in [0.5, 0.6) is 0 Å². The second kappa shape index (κ2) is 12.9. The van der Waals surface area contributed by atoms with Gasteiger partial charge in [-0.15, -0.1) is 0 Å². The first-order valence-electron chi connectivity index (χ1n) is 20.1. The molecule has 0 aromatic carbocycles. The van der Waals surface area contributed by atoms with Crippen LogP contribution in [-0.2, 0) is 9.47 Å². The van der Waals surface area contributed by atoms with Crippen LogP contribution < -0.4 is 0 Å². The molecular formula is C44H60O4. The average molecular weight is 653 g/mol. The van der Waals surface area contributed by atoms with Gasteiger partial charge in [-0.2, -0.15) is 0 Å². The zero-order valence-electron chi connectivity index (χ0n) is 28.9. The highest BCUT2D eigenvalue weighted by atomic mass is 16.5. The lowest BCUT2D eigenvalue weighted by atomic mass is 9.80. The van der Waals surface area contributed by atoms with Gasteiger partial charge in [0.05, 0.1) is 24.7 Å². The Morgan fingerprint density at radius 1 is 0.417 bits per heavy atom. The molecule has 260 valence electrons. The Bertz CT molecular complexity index is 1330. The summed E-state index contributed by atoms with van der Waals surface area (Å²) in [6, 6.07) is 0. The van der Waals surface area contributed by atoms with Gasteiger partial charge in [0.25, 0.3) is 0 Å². The molecule has 0 spiro atoms. The Balaban J connectivity index is 0.0000000874. The number of aliphatic hydroxyl groups is 2. The van der Waals surface area contributed by atoms with Crippen LogP contribution in [0, 0.1) is 94.7 Å². The van der Waals surface area contributed by atoms with Crippen LogP contribution in [0.3, 0.4) is 0 Å². The molecule has 4 nitrogen and oxygen atoms in total. The van der Waals surface area contributed by atoms with Gasteiger partial charge in [-0.25, -0.2) is 0 Å². The zero-order valence-corrected chi connectivity index (χ0v) is 28.9. The molecule has 0 radical (unpaired) electrons. The Kier molecular flexibility index (Phi) is 8.60. The highest BCUT2D eigenvalue weighted by molar-refractivity contribution is 5.17. The molecule has 12 rings (SSSR count). The van der Waals surface area contributed by atoms with Crippen LogP contribution in [0.1, 0.15) is 77.0 Å². The Hall–Kier alpha value is -2.04. The summed E-state index contributed by atoms with van der Waals surface area (Å²) < 4.78 is 11.2. The van der Waals surface area contributed by atoms with Gasteiger partial charge in [0.15, 0.2) is 0 Å². The van der Waals surface area contributed by atoms with Crippen molar-refractivity contribution in [2.45, 2.75) is 101 Å². The van der Waals surface area contributed by atoms with Gasteiger partial charge in [-0.1, -0.05) is 61.8 Å². The second-order valence-electron chi connectivity index (χ2n) is 18.0. The first kappa shape index (κ1) is 31.9. The maximum Gasteiger partial charge on any atom is 0.101 e. The number of rotatable bonds is 4. The molecule has 8 bridgehead atoms. The molecule has 12 aliphatic rings. The summed E-state index contributed by atoms with van der Waals surface area (Å²) >= 11 is 0. The van der Waals surface area contributed by atoms with Gasteiger partial charge in [0.1, 0.15) is 12.2 Å². The highest BCUT2D eigenvalue weighted by Gasteiger charge is 2.55. The van der Waals surface area contributed by atoms with Gasteiger partial charge < -0.3 is 19.7 Å². The topological polar surface area (TPSA) is 58.9 Å². The summed E-state index contributed by atoms with van der Waals surface area (Å²) in [6.45, 7) is 7.31. The Labute approximate surface area is 289 Å². The van der Waals surface area contributed by atoms with Crippen LogP contribution in [-0.4, -0.2) is 34.6 Å². The van der Waals surface area contributed by atoms with E-state index in [2.05, 4.69) is 61.8 Å². The van der Waals surface area contributed by atoms with Gasteiger partial charge >= 0.3 is 0 Å². The first-order chi connectivity index (χ1) is 23.5. The summed E-state index contributed by atoms with van der Waals surface area (Å²) in [7, 11) is 0. The summed E-state index contributed by atoms with van der Waals surface area (Å²) in [5, 5.41) is 19.3. The standard InChI is InChI=1S/2C12H16O.2C10H14O/c2*1-2-13-12-7-8-6-11(12)10-5-3-4-9(8)10;2*11-10-5-6-4-9(10)8-3-1-2-7(6)8/h2-3,5,8-12H,1,4,6-7H2;2-4,8-12H,1,5-7H2;1,3,6-11H,2,4-5H2;1-2,6-11H,3-5H2. The van der Waals surface area contributed by atoms with E-state index in [1.807, 2.05) is 0 Å². The second-order valence-corrected chi connectivity index (χ2v) is 18.0. The summed E-state index contributed by atoms with van der Waals surface area (Å²) in [6.07, 6.45) is 38.5. The minimum atomic E-state index is 0.0315. The fourth-order valence-electron chi connectivity index (χ4n) is 14.6. The van der Waals surface area contributed by atoms with Crippen molar-refractivity contribution in [3.05, 3.63) is 74.3 Å². The number of fused-ring (bicyclic) bond motifs is 20. The number of hydrogen-bond acceptors (Lipinski definition) is 4. The third kappa shape index (κ3) is 5.28. The molecule has 2 N–H and O–H groups in total. The predicted octanol–water partition coefficient (Wildman–Crippen LogP) is 8.65. The van der Waals surface area contributed by atoms with Crippen LogP contribution in [0.25, 0.3) is 0 Å². The smallest absolute Gasteiger partial charge is 0.101 e. The summed E-state index contributed by atoms with van der Waals surface area (Å²) in [5.41, 5.74) is 0. The van der Waals surface area contributed by atoms with Crippen LogP contribution >= 0.6 is 0 Å². The molecule has 12 aliphatic carbocycles. The molecule has 0 amide bonds. The van der Waals surface area contributed by atoms with Gasteiger partial charge in [-0.05, 0) is 166 Å². The SMILES string of the molecule is C=COC1CC2CC1C1C=CCC21.C=COC1CC2CC1C1CC=CC21.OC1CC2CC1C1C=CCC21.OC1CC2CC1C1CC=CC21. The molecule has 0 saturated heterocycles. The van der Waals surface area contributed by atoms with Gasteiger partial charge in [0.2, 0.25) is 0 Å². The lowest BCUT2D eigenvalue weighted by Crippen LogP contribution is -2.29. The summed E-state index contributed by atoms with van der Waals surface area (Å²) in [4.78, 5) is 0. The fraction of sp³-hybridized carbons (Fsp3) is 0.727. The monoisotopic (exact) mass is 652 g/mol. The minimum Gasteiger partial charge on any atom is -0.498 e. The molecule has 0 aromatic heterocycles. The van der Waals surface area contributed by atoms with Gasteiger partial charge in [-0.3, -0.25) is 0 Å². The van der Waals surface area contributed by atoms with Crippen molar-refractivity contribution in [2.75, 3.05) is 0 Å². The Morgan fingerprint density at radius 3 is 1.50 bits per heavy atom. The van der Waals surface area contributed by atoms with E-state index in [4.69, 9.17) is 9.47 Å². The molecule has 20 unspecified atom stereocenters. The van der Waals surface area contributed by atoms with Crippen LogP contribution in [0.15, 0.2) is 74.3 Å². The van der Waals surface area contributed by atoms with Crippen LogP contribution in [0.4, 0.5) is 0 Å². The quantitative estimate of drug-likeness (QED) is 0.236. The molecule has 8 saturated carbocycles. The molecule has 0 aromatic rings. The zero-order chi connectivity index (χ0) is 32.5. The molecule has 4 heteroatoms. The van der Waals surface area contributed by atoms with Crippen molar-refractivity contribution >= 4 is 0 Å². The van der Waals surface area contributed by atoms with E-state index in [-0.39, 0.29) is 12.2 Å². The van der Waals surface area contributed by atoms with E-state index in [0.717, 1.165) is 95.7 Å². The largest absolute Gasteiger partial charge is 0.498 e. The van der Waals surface area contributed by atoms with Crippen molar-refractivity contribution < 1.29 is 19.7 Å². The molecular weight excluding hydrogens is 592 g/mol. The maximum atomic E-state index is 9.64. The average Bonchev–Trinajstić information content (AvgIpc) is 3.91. The molecule has 0 heterocycles. The molecule has 0 aliphatic heterocycles. The number of aliphatic hydroxyl groups excluding tert-OH is 2. The number of ether oxygens (including phenoxy) is 2. The van der Waals surface area contributed by atoms with E-state index in [1.54, 1.807) is 12.5 Å². The van der Waals surface area contributed by atoms with E-state index in [9.17, 15) is 10.2 Å². The van der Waals surface area contributed by atoms with E-state index in [1.165, 1.54) is 64.2 Å². The van der Waals surface area contributed by atoms with Crippen molar-refractivity contribution in [3.63, 3.8) is 0 Å².